The van der Waals surface area contributed by atoms with Gasteiger partial charge in [0, 0.05) is 9.75 Å². The summed E-state index contributed by atoms with van der Waals surface area (Å²) in [4.78, 5) is 3.19. The molecular formula is C13H21NS. The third-order valence-corrected chi connectivity index (χ3v) is 4.62. The molecule has 1 aliphatic carbocycles. The van der Waals surface area contributed by atoms with E-state index < -0.39 is 0 Å². The van der Waals surface area contributed by atoms with Gasteiger partial charge in [-0.3, -0.25) is 0 Å². The van der Waals surface area contributed by atoms with Crippen molar-refractivity contribution < 1.29 is 0 Å². The maximum absolute atomic E-state index is 3.21. The molecule has 0 radical (unpaired) electrons. The zero-order valence-corrected chi connectivity index (χ0v) is 10.4. The molecular weight excluding hydrogens is 202 g/mol. The van der Waals surface area contributed by atoms with Crippen LogP contribution in [0.2, 0.25) is 0 Å². The van der Waals surface area contributed by atoms with Crippen LogP contribution in [0.25, 0.3) is 0 Å². The average Bonchev–Trinajstić information content (AvgIpc) is 2.76. The molecule has 1 aromatic heterocycles. The van der Waals surface area contributed by atoms with Crippen LogP contribution < -0.4 is 5.32 Å². The number of rotatable bonds is 4. The normalized spacial score (nSPS) is 18.2. The molecule has 15 heavy (non-hydrogen) atoms. The van der Waals surface area contributed by atoms with Gasteiger partial charge in [-0.2, -0.15) is 0 Å². The minimum absolute atomic E-state index is 0.882. The van der Waals surface area contributed by atoms with E-state index in [1.54, 1.807) is 9.75 Å². The van der Waals surface area contributed by atoms with Crippen LogP contribution >= 0.6 is 11.3 Å². The highest BCUT2D eigenvalue weighted by Crippen LogP contribution is 2.36. The van der Waals surface area contributed by atoms with Gasteiger partial charge in [0.25, 0.3) is 0 Å². The first kappa shape index (κ1) is 11.2. The van der Waals surface area contributed by atoms with Gasteiger partial charge in [-0.15, -0.1) is 11.3 Å². The summed E-state index contributed by atoms with van der Waals surface area (Å²) in [5.41, 5.74) is 0. The van der Waals surface area contributed by atoms with Crippen LogP contribution in [0.4, 0.5) is 0 Å². The van der Waals surface area contributed by atoms with Gasteiger partial charge in [-0.05, 0) is 50.9 Å². The molecule has 0 aliphatic heterocycles. The van der Waals surface area contributed by atoms with E-state index in [-0.39, 0.29) is 0 Å². The molecule has 0 aromatic carbocycles. The van der Waals surface area contributed by atoms with E-state index in [4.69, 9.17) is 0 Å². The fourth-order valence-corrected chi connectivity index (χ4v) is 3.56. The molecule has 1 heterocycles. The lowest BCUT2D eigenvalue weighted by atomic mass is 9.88. The SMILES string of the molecule is CNCCc1ccc(C2CCCCC2)s1. The van der Waals surface area contributed by atoms with E-state index in [0.717, 1.165) is 12.5 Å². The van der Waals surface area contributed by atoms with E-state index in [2.05, 4.69) is 17.4 Å². The van der Waals surface area contributed by atoms with Gasteiger partial charge in [0.1, 0.15) is 0 Å². The third kappa shape index (κ3) is 3.05. The Hall–Kier alpha value is -0.340. The molecule has 1 saturated carbocycles. The zero-order chi connectivity index (χ0) is 10.5. The van der Waals surface area contributed by atoms with Crippen molar-refractivity contribution in [1.82, 2.24) is 5.32 Å². The van der Waals surface area contributed by atoms with Crippen molar-refractivity contribution in [2.75, 3.05) is 13.6 Å². The molecule has 1 nitrogen and oxygen atoms in total. The Balaban J connectivity index is 1.93. The second-order valence-corrected chi connectivity index (χ2v) is 5.69. The largest absolute Gasteiger partial charge is 0.319 e. The fourth-order valence-electron chi connectivity index (χ4n) is 2.38. The molecule has 2 heteroatoms. The predicted octanol–water partition coefficient (Wildman–Crippen LogP) is 3.56. The molecule has 84 valence electrons. The lowest BCUT2D eigenvalue weighted by Crippen LogP contribution is -2.09. The van der Waals surface area contributed by atoms with Gasteiger partial charge in [0.2, 0.25) is 0 Å². The lowest BCUT2D eigenvalue weighted by Gasteiger charge is -2.19. The molecule has 1 aromatic rings. The van der Waals surface area contributed by atoms with Crippen LogP contribution in [-0.2, 0) is 6.42 Å². The van der Waals surface area contributed by atoms with Crippen LogP contribution in [-0.4, -0.2) is 13.6 Å². The standard InChI is InChI=1S/C13H21NS/c1-14-10-9-12-7-8-13(15-12)11-5-3-2-4-6-11/h7-8,11,14H,2-6,9-10H2,1H3. The molecule has 1 fully saturated rings. The van der Waals surface area contributed by atoms with Gasteiger partial charge in [0.05, 0.1) is 0 Å². The Morgan fingerprint density at radius 3 is 2.80 bits per heavy atom. The monoisotopic (exact) mass is 223 g/mol. The summed E-state index contributed by atoms with van der Waals surface area (Å²) in [6, 6.07) is 4.69. The van der Waals surface area contributed by atoms with Crippen molar-refractivity contribution in [3.8, 4) is 0 Å². The minimum atomic E-state index is 0.882. The van der Waals surface area contributed by atoms with Crippen molar-refractivity contribution in [2.24, 2.45) is 0 Å². The number of hydrogen-bond donors (Lipinski definition) is 1. The molecule has 0 saturated heterocycles. The summed E-state index contributed by atoms with van der Waals surface area (Å²) in [6.07, 6.45) is 8.36. The maximum atomic E-state index is 3.21. The Morgan fingerprint density at radius 2 is 2.07 bits per heavy atom. The summed E-state index contributed by atoms with van der Waals surface area (Å²) < 4.78 is 0. The Bertz CT molecular complexity index is 286. The van der Waals surface area contributed by atoms with Gasteiger partial charge >= 0.3 is 0 Å². The number of likely N-dealkylation sites (N-methyl/N-ethyl adjacent to an activating group) is 1. The molecule has 0 amide bonds. The van der Waals surface area contributed by atoms with Crippen molar-refractivity contribution >= 4 is 11.3 Å². The maximum Gasteiger partial charge on any atom is 0.00791 e. The van der Waals surface area contributed by atoms with Crippen LogP contribution in [0, 0.1) is 0 Å². The highest BCUT2D eigenvalue weighted by atomic mass is 32.1. The highest BCUT2D eigenvalue weighted by molar-refractivity contribution is 7.12. The number of hydrogen-bond acceptors (Lipinski definition) is 2. The smallest absolute Gasteiger partial charge is 0.00791 e. The molecule has 1 N–H and O–H groups in total. The average molecular weight is 223 g/mol. The topological polar surface area (TPSA) is 12.0 Å². The van der Waals surface area contributed by atoms with E-state index in [9.17, 15) is 0 Å². The third-order valence-electron chi connectivity index (χ3n) is 3.31. The predicted molar refractivity (Wildman–Crippen MR) is 67.8 cm³/mol. The van der Waals surface area contributed by atoms with Crippen LogP contribution in [0.15, 0.2) is 12.1 Å². The van der Waals surface area contributed by atoms with E-state index in [1.807, 2.05) is 18.4 Å². The summed E-state index contributed by atoms with van der Waals surface area (Å²) in [6.45, 7) is 1.10. The first-order chi connectivity index (χ1) is 7.40. The molecule has 0 bridgehead atoms. The highest BCUT2D eigenvalue weighted by Gasteiger charge is 2.16. The fraction of sp³-hybridized carbons (Fsp3) is 0.692. The van der Waals surface area contributed by atoms with Crippen molar-refractivity contribution in [3.05, 3.63) is 21.9 Å². The first-order valence-corrected chi connectivity index (χ1v) is 6.95. The van der Waals surface area contributed by atoms with Crippen LogP contribution in [0.3, 0.4) is 0 Å². The van der Waals surface area contributed by atoms with Gasteiger partial charge in [-0.1, -0.05) is 19.3 Å². The second kappa shape index (κ2) is 5.66. The second-order valence-electron chi connectivity index (χ2n) is 4.49. The van der Waals surface area contributed by atoms with Gasteiger partial charge in [0.15, 0.2) is 0 Å². The van der Waals surface area contributed by atoms with Crippen molar-refractivity contribution in [1.29, 1.82) is 0 Å². The molecule has 0 unspecified atom stereocenters. The Labute approximate surface area is 96.9 Å². The summed E-state index contributed by atoms with van der Waals surface area (Å²) in [7, 11) is 2.02. The van der Waals surface area contributed by atoms with Gasteiger partial charge in [-0.25, -0.2) is 0 Å². The molecule has 2 rings (SSSR count). The minimum Gasteiger partial charge on any atom is -0.319 e. The molecule has 1 aliphatic rings. The Kier molecular flexibility index (Phi) is 4.21. The van der Waals surface area contributed by atoms with Gasteiger partial charge < -0.3 is 5.32 Å². The van der Waals surface area contributed by atoms with Crippen LogP contribution in [0.5, 0.6) is 0 Å². The Morgan fingerprint density at radius 1 is 1.27 bits per heavy atom. The zero-order valence-electron chi connectivity index (χ0n) is 9.59. The van der Waals surface area contributed by atoms with E-state index >= 15 is 0 Å². The quantitative estimate of drug-likeness (QED) is 0.823. The first-order valence-electron chi connectivity index (χ1n) is 6.13. The summed E-state index contributed by atoms with van der Waals surface area (Å²) >= 11 is 2.04. The van der Waals surface area contributed by atoms with Crippen molar-refractivity contribution in [2.45, 2.75) is 44.4 Å². The van der Waals surface area contributed by atoms with E-state index in [0.29, 0.717) is 0 Å². The molecule has 0 atom stereocenters. The van der Waals surface area contributed by atoms with Crippen molar-refractivity contribution in [3.63, 3.8) is 0 Å². The van der Waals surface area contributed by atoms with E-state index in [1.165, 1.54) is 38.5 Å². The van der Waals surface area contributed by atoms with Crippen LogP contribution in [0.1, 0.15) is 47.8 Å². The summed E-state index contributed by atoms with van der Waals surface area (Å²) in [5, 5.41) is 3.21. The number of thiophene rings is 1. The lowest BCUT2D eigenvalue weighted by molar-refractivity contribution is 0.448. The summed E-state index contributed by atoms with van der Waals surface area (Å²) in [5.74, 6) is 0.882. The molecule has 0 spiro atoms. The number of nitrogens with one attached hydrogen (secondary N) is 1.